The first-order chi connectivity index (χ1) is 15.7. The Balaban J connectivity index is 1.65. The number of aromatic nitrogens is 1. The van der Waals surface area contributed by atoms with Gasteiger partial charge < -0.3 is 21.5 Å². The van der Waals surface area contributed by atoms with E-state index in [1.54, 1.807) is 13.0 Å². The third-order valence-corrected chi connectivity index (χ3v) is 6.16. The van der Waals surface area contributed by atoms with E-state index in [9.17, 15) is 14.7 Å². The highest BCUT2D eigenvalue weighted by atomic mass is 16.3. The molecule has 5 N–H and O–H groups in total. The van der Waals surface area contributed by atoms with Crippen LogP contribution in [0.25, 0.3) is 11.3 Å². The fourth-order valence-electron chi connectivity index (χ4n) is 4.59. The van der Waals surface area contributed by atoms with Gasteiger partial charge in [0.2, 0.25) is 0 Å². The molecule has 1 aliphatic carbocycles. The van der Waals surface area contributed by atoms with Crippen LogP contribution in [0.4, 0.5) is 10.5 Å². The number of anilines is 1. The van der Waals surface area contributed by atoms with Crippen molar-refractivity contribution in [1.82, 2.24) is 10.3 Å². The molecule has 0 saturated heterocycles. The summed E-state index contributed by atoms with van der Waals surface area (Å²) in [7, 11) is 0. The Labute approximate surface area is 193 Å². The third kappa shape index (κ3) is 4.45. The molecule has 1 heterocycles. The summed E-state index contributed by atoms with van der Waals surface area (Å²) in [6.45, 7) is 5.90. The van der Waals surface area contributed by atoms with E-state index in [4.69, 9.17) is 5.73 Å². The van der Waals surface area contributed by atoms with Crippen LogP contribution in [-0.4, -0.2) is 28.1 Å². The van der Waals surface area contributed by atoms with E-state index < -0.39 is 24.1 Å². The molecule has 3 aromatic rings. The lowest BCUT2D eigenvalue weighted by Crippen LogP contribution is -2.45. The number of carbonyl (C=O) groups excluding carboxylic acids is 2. The fourth-order valence-corrected chi connectivity index (χ4v) is 4.59. The summed E-state index contributed by atoms with van der Waals surface area (Å²) in [4.78, 5) is 29.3. The molecule has 0 saturated carbocycles. The Morgan fingerprint density at radius 3 is 2.45 bits per heavy atom. The molecule has 0 fully saturated rings. The highest BCUT2D eigenvalue weighted by molar-refractivity contribution is 5.97. The maximum atomic E-state index is 13.1. The molecule has 0 unspecified atom stereocenters. The number of rotatable bonds is 4. The number of primary amides is 1. The van der Waals surface area contributed by atoms with Crippen LogP contribution >= 0.6 is 0 Å². The monoisotopic (exact) mass is 444 g/mol. The minimum Gasteiger partial charge on any atom is -0.391 e. The maximum absolute atomic E-state index is 13.1. The highest BCUT2D eigenvalue weighted by Crippen LogP contribution is 2.41. The molecule has 2 atom stereocenters. The van der Waals surface area contributed by atoms with Gasteiger partial charge in [-0.25, -0.2) is 9.78 Å². The third-order valence-electron chi connectivity index (χ3n) is 6.16. The summed E-state index contributed by atoms with van der Waals surface area (Å²) in [5.41, 5.74) is 9.63. The van der Waals surface area contributed by atoms with Gasteiger partial charge in [-0.3, -0.25) is 4.79 Å². The van der Waals surface area contributed by atoms with Gasteiger partial charge in [-0.1, -0.05) is 68.4 Å². The van der Waals surface area contributed by atoms with E-state index >= 15 is 0 Å². The molecule has 1 aromatic heterocycles. The number of pyridine rings is 1. The Bertz CT molecular complexity index is 1210. The topological polar surface area (TPSA) is 117 Å². The zero-order chi connectivity index (χ0) is 23.8. The molecule has 0 radical (unpaired) electrons. The Hall–Kier alpha value is -3.71. The summed E-state index contributed by atoms with van der Waals surface area (Å²) >= 11 is 0. The molecule has 1 aliphatic rings. The molecular formula is C26H28N4O3. The number of nitrogens with one attached hydrogen (secondary N) is 2. The number of aryl methyl sites for hydroxylation is 1. The largest absolute Gasteiger partial charge is 0.391 e. The second-order valence-corrected chi connectivity index (χ2v) is 9.10. The van der Waals surface area contributed by atoms with Crippen molar-refractivity contribution in [1.29, 1.82) is 0 Å². The van der Waals surface area contributed by atoms with Gasteiger partial charge in [0.1, 0.15) is 5.69 Å². The van der Waals surface area contributed by atoms with Gasteiger partial charge in [0.15, 0.2) is 0 Å². The van der Waals surface area contributed by atoms with Crippen LogP contribution in [0.3, 0.4) is 0 Å². The maximum Gasteiger partial charge on any atom is 0.319 e. The molecule has 170 valence electrons. The summed E-state index contributed by atoms with van der Waals surface area (Å²) in [5, 5.41) is 16.6. The van der Waals surface area contributed by atoms with Gasteiger partial charge in [0.05, 0.1) is 23.5 Å². The lowest BCUT2D eigenvalue weighted by molar-refractivity contribution is 0.0883. The predicted octanol–water partition coefficient (Wildman–Crippen LogP) is 4.06. The molecule has 0 bridgehead atoms. The lowest BCUT2D eigenvalue weighted by Gasteiger charge is -2.40. The first-order valence-corrected chi connectivity index (χ1v) is 10.9. The standard InChI is InChI=1S/C26H28N4O3/c1-15-13-19(22(29-21(15)24(27)32)16-9-5-4-6-10-16)28-25(33)30-23-17-11-7-8-12-18(17)26(2,3)14-20(23)31/h4-13,20,23,31H,14H2,1-3H3,(H2,27,32)(H2,28,30,33)/t20-,23-/m1/s1. The number of nitrogens with two attached hydrogens (primary N) is 1. The summed E-state index contributed by atoms with van der Waals surface area (Å²) in [6.07, 6.45) is -0.204. The Morgan fingerprint density at radius 2 is 1.76 bits per heavy atom. The van der Waals surface area contributed by atoms with E-state index in [0.717, 1.165) is 16.7 Å². The first kappa shape index (κ1) is 22.5. The van der Waals surface area contributed by atoms with Crippen LogP contribution < -0.4 is 16.4 Å². The molecule has 2 aromatic carbocycles. The molecule has 33 heavy (non-hydrogen) atoms. The van der Waals surface area contributed by atoms with Crippen LogP contribution in [0.15, 0.2) is 60.7 Å². The van der Waals surface area contributed by atoms with Crippen LogP contribution in [-0.2, 0) is 5.41 Å². The number of aliphatic hydroxyl groups is 1. The minimum atomic E-state index is -0.730. The number of carbonyl (C=O) groups is 2. The van der Waals surface area contributed by atoms with E-state index in [1.165, 1.54) is 0 Å². The summed E-state index contributed by atoms with van der Waals surface area (Å²) in [6, 6.07) is 17.8. The smallest absolute Gasteiger partial charge is 0.319 e. The second kappa shape index (κ2) is 8.67. The predicted molar refractivity (Wildman–Crippen MR) is 128 cm³/mol. The van der Waals surface area contributed by atoms with E-state index in [1.807, 2.05) is 54.6 Å². The van der Waals surface area contributed by atoms with Crippen LogP contribution in [0.2, 0.25) is 0 Å². The average Bonchev–Trinajstić information content (AvgIpc) is 2.77. The minimum absolute atomic E-state index is 0.152. The van der Waals surface area contributed by atoms with Crippen LogP contribution in [0, 0.1) is 6.92 Å². The van der Waals surface area contributed by atoms with Crippen LogP contribution in [0.1, 0.15) is 53.5 Å². The SMILES string of the molecule is Cc1cc(NC(=O)N[C@@H]2c3ccccc3C(C)(C)C[C@H]2O)c(-c2ccccc2)nc1C(N)=O. The van der Waals surface area contributed by atoms with Crippen molar-refractivity contribution >= 4 is 17.6 Å². The molecule has 0 aliphatic heterocycles. The summed E-state index contributed by atoms with van der Waals surface area (Å²) in [5.74, 6) is -0.634. The van der Waals surface area contributed by atoms with Gasteiger partial charge in [-0.2, -0.15) is 0 Å². The average molecular weight is 445 g/mol. The normalized spacial score (nSPS) is 18.8. The molecule has 0 spiro atoms. The molecule has 3 amide bonds. The molecule has 7 heteroatoms. The van der Waals surface area contributed by atoms with Gasteiger partial charge in [0.25, 0.3) is 5.91 Å². The van der Waals surface area contributed by atoms with Crippen molar-refractivity contribution in [3.05, 3.63) is 83.0 Å². The number of hydrogen-bond donors (Lipinski definition) is 4. The zero-order valence-electron chi connectivity index (χ0n) is 18.9. The van der Waals surface area contributed by atoms with Crippen molar-refractivity contribution in [2.24, 2.45) is 5.73 Å². The van der Waals surface area contributed by atoms with Gasteiger partial charge >= 0.3 is 6.03 Å². The molecular weight excluding hydrogens is 416 g/mol. The van der Waals surface area contributed by atoms with E-state index in [0.29, 0.717) is 23.4 Å². The van der Waals surface area contributed by atoms with Crippen molar-refractivity contribution in [2.45, 2.75) is 44.8 Å². The van der Waals surface area contributed by atoms with Gasteiger partial charge in [-0.15, -0.1) is 0 Å². The van der Waals surface area contributed by atoms with Crippen LogP contribution in [0.5, 0.6) is 0 Å². The zero-order valence-corrected chi connectivity index (χ0v) is 18.9. The Morgan fingerprint density at radius 1 is 1.09 bits per heavy atom. The van der Waals surface area contributed by atoms with E-state index in [2.05, 4.69) is 29.5 Å². The van der Waals surface area contributed by atoms with Crippen molar-refractivity contribution in [3.8, 4) is 11.3 Å². The highest BCUT2D eigenvalue weighted by Gasteiger charge is 2.39. The molecule has 4 rings (SSSR count). The summed E-state index contributed by atoms with van der Waals surface area (Å²) < 4.78 is 0. The number of hydrogen-bond acceptors (Lipinski definition) is 4. The van der Waals surface area contributed by atoms with E-state index in [-0.39, 0.29) is 11.1 Å². The number of aliphatic hydroxyl groups excluding tert-OH is 1. The molecule has 7 nitrogen and oxygen atoms in total. The van der Waals surface area contributed by atoms with Crippen molar-refractivity contribution in [2.75, 3.05) is 5.32 Å². The van der Waals surface area contributed by atoms with Crippen molar-refractivity contribution < 1.29 is 14.7 Å². The fraction of sp³-hybridized carbons (Fsp3) is 0.269. The first-order valence-electron chi connectivity index (χ1n) is 10.9. The number of benzene rings is 2. The lowest BCUT2D eigenvalue weighted by atomic mass is 9.70. The quantitative estimate of drug-likeness (QED) is 0.485. The van der Waals surface area contributed by atoms with Crippen molar-refractivity contribution in [3.63, 3.8) is 0 Å². The Kier molecular flexibility index (Phi) is 5.91. The number of nitrogens with zero attached hydrogens (tertiary/aromatic N) is 1. The van der Waals surface area contributed by atoms with Gasteiger partial charge in [0, 0.05) is 5.56 Å². The number of amides is 3. The number of fused-ring (bicyclic) bond motifs is 1. The van der Waals surface area contributed by atoms with Gasteiger partial charge in [-0.05, 0) is 41.5 Å². The second-order valence-electron chi connectivity index (χ2n) is 9.10. The number of urea groups is 1.